The maximum atomic E-state index is 14.2. The molecular formula is C22H18F2N2O4. The van der Waals surface area contributed by atoms with Gasteiger partial charge in [0.2, 0.25) is 5.60 Å². The van der Waals surface area contributed by atoms with E-state index in [1.807, 2.05) is 30.3 Å². The zero-order valence-electron chi connectivity index (χ0n) is 15.8. The number of hydrogen-bond donors (Lipinski definition) is 2. The molecule has 0 unspecified atom stereocenters. The molecule has 1 aliphatic carbocycles. The van der Waals surface area contributed by atoms with Crippen LogP contribution in [-0.2, 0) is 11.3 Å². The summed E-state index contributed by atoms with van der Waals surface area (Å²) in [7, 11) is 0. The second-order valence-corrected chi connectivity index (χ2v) is 7.00. The van der Waals surface area contributed by atoms with E-state index in [1.165, 1.54) is 0 Å². The Morgan fingerprint density at radius 3 is 2.37 bits per heavy atom. The lowest BCUT2D eigenvalue weighted by atomic mass is 10.0. The number of aromatic nitrogens is 1. The van der Waals surface area contributed by atoms with Crippen LogP contribution in [0.3, 0.4) is 0 Å². The van der Waals surface area contributed by atoms with Crippen molar-refractivity contribution in [1.29, 1.82) is 0 Å². The molecule has 4 rings (SSSR count). The maximum absolute atomic E-state index is 14.2. The fraction of sp³-hybridized carbons (Fsp3) is 0.182. The molecule has 0 spiro atoms. The number of benzene rings is 2. The van der Waals surface area contributed by atoms with Gasteiger partial charge in [-0.15, -0.1) is 0 Å². The van der Waals surface area contributed by atoms with Crippen molar-refractivity contribution in [2.24, 2.45) is 5.73 Å². The number of hydrogen-bond acceptors (Lipinski definition) is 5. The Bertz CT molecular complexity index is 1120. The topological polar surface area (TPSA) is 94.7 Å². The number of carbonyl (C=O) groups is 1. The molecule has 0 aliphatic heterocycles. The Balaban J connectivity index is 1.61. The average Bonchev–Trinajstić information content (AvgIpc) is 3.53. The van der Waals surface area contributed by atoms with E-state index in [9.17, 15) is 18.7 Å². The van der Waals surface area contributed by atoms with E-state index >= 15 is 0 Å². The quantitative estimate of drug-likeness (QED) is 0.602. The summed E-state index contributed by atoms with van der Waals surface area (Å²) in [6.45, 7) is 0.398. The highest BCUT2D eigenvalue weighted by molar-refractivity contribution is 5.81. The van der Waals surface area contributed by atoms with E-state index in [2.05, 4.69) is 4.98 Å². The summed E-state index contributed by atoms with van der Waals surface area (Å²) in [6, 6.07) is 15.0. The molecule has 1 heterocycles. The number of pyridine rings is 1. The van der Waals surface area contributed by atoms with Gasteiger partial charge in [0.25, 0.3) is 11.8 Å². The van der Waals surface area contributed by atoms with Crippen LogP contribution in [-0.4, -0.2) is 21.7 Å². The van der Waals surface area contributed by atoms with Crippen molar-refractivity contribution in [2.75, 3.05) is 0 Å². The SMILES string of the molecule is NCc1cccc(-c2cccc(Oc3nc(OC4(C(=O)O)CC4)c(F)cc3F)c2)c1. The van der Waals surface area contributed by atoms with E-state index in [4.69, 9.17) is 15.2 Å². The van der Waals surface area contributed by atoms with Crippen molar-refractivity contribution in [3.05, 3.63) is 71.8 Å². The zero-order chi connectivity index (χ0) is 21.3. The molecule has 2 aromatic carbocycles. The molecule has 3 aromatic rings. The molecular weight excluding hydrogens is 394 g/mol. The molecule has 0 bridgehead atoms. The normalized spacial score (nSPS) is 14.2. The maximum Gasteiger partial charge on any atom is 0.348 e. The van der Waals surface area contributed by atoms with Gasteiger partial charge in [-0.3, -0.25) is 0 Å². The molecule has 0 radical (unpaired) electrons. The molecule has 0 atom stereocenters. The van der Waals surface area contributed by atoms with Gasteiger partial charge < -0.3 is 20.3 Å². The fourth-order valence-electron chi connectivity index (χ4n) is 2.96. The summed E-state index contributed by atoms with van der Waals surface area (Å²) in [5.74, 6) is -4.20. The Morgan fingerprint density at radius 2 is 1.70 bits per heavy atom. The third-order valence-electron chi connectivity index (χ3n) is 4.80. The van der Waals surface area contributed by atoms with Crippen LogP contribution in [0.2, 0.25) is 0 Å². The molecule has 3 N–H and O–H groups in total. The molecule has 0 saturated heterocycles. The van der Waals surface area contributed by atoms with Crippen LogP contribution in [0.15, 0.2) is 54.6 Å². The van der Waals surface area contributed by atoms with Gasteiger partial charge in [0.1, 0.15) is 5.75 Å². The lowest BCUT2D eigenvalue weighted by molar-refractivity contribution is -0.147. The summed E-state index contributed by atoms with van der Waals surface area (Å²) in [6.07, 6.45) is 0.446. The fourth-order valence-corrected chi connectivity index (χ4v) is 2.96. The Labute approximate surface area is 170 Å². The number of carboxylic acid groups (broad SMARTS) is 1. The van der Waals surface area contributed by atoms with E-state index in [0.717, 1.165) is 16.7 Å². The third kappa shape index (κ3) is 3.95. The van der Waals surface area contributed by atoms with Crippen molar-refractivity contribution in [1.82, 2.24) is 4.98 Å². The summed E-state index contributed by atoms with van der Waals surface area (Å²) < 4.78 is 39.0. The van der Waals surface area contributed by atoms with Crippen LogP contribution in [0, 0.1) is 11.6 Å². The number of nitrogens with two attached hydrogens (primary N) is 1. The predicted octanol–water partition coefficient (Wildman–Crippen LogP) is 4.27. The predicted molar refractivity (Wildman–Crippen MR) is 104 cm³/mol. The summed E-state index contributed by atoms with van der Waals surface area (Å²) in [5, 5.41) is 9.20. The minimum Gasteiger partial charge on any atom is -0.478 e. The van der Waals surface area contributed by atoms with Crippen molar-refractivity contribution < 1.29 is 28.2 Å². The van der Waals surface area contributed by atoms with E-state index in [-0.39, 0.29) is 18.6 Å². The largest absolute Gasteiger partial charge is 0.478 e. The average molecular weight is 412 g/mol. The van der Waals surface area contributed by atoms with Gasteiger partial charge in [0.15, 0.2) is 11.6 Å². The zero-order valence-corrected chi connectivity index (χ0v) is 15.8. The van der Waals surface area contributed by atoms with Crippen molar-refractivity contribution in [3.8, 4) is 28.6 Å². The molecule has 6 nitrogen and oxygen atoms in total. The van der Waals surface area contributed by atoms with Crippen molar-refractivity contribution >= 4 is 5.97 Å². The van der Waals surface area contributed by atoms with Crippen LogP contribution in [0.1, 0.15) is 18.4 Å². The minimum absolute atomic E-state index is 0.223. The summed E-state index contributed by atoms with van der Waals surface area (Å²) in [4.78, 5) is 15.0. The number of carboxylic acids is 1. The lowest BCUT2D eigenvalue weighted by Gasteiger charge is -2.14. The number of nitrogens with zero attached hydrogens (tertiary/aromatic N) is 1. The molecule has 154 valence electrons. The molecule has 30 heavy (non-hydrogen) atoms. The Hall–Kier alpha value is -3.52. The molecule has 1 aliphatic rings. The number of halogens is 2. The Morgan fingerprint density at radius 1 is 1.03 bits per heavy atom. The van der Waals surface area contributed by atoms with Crippen LogP contribution in [0.25, 0.3) is 11.1 Å². The highest BCUT2D eigenvalue weighted by Gasteiger charge is 2.54. The molecule has 1 aromatic heterocycles. The van der Waals surface area contributed by atoms with Crippen LogP contribution >= 0.6 is 0 Å². The van der Waals surface area contributed by atoms with Gasteiger partial charge >= 0.3 is 5.97 Å². The first kappa shape index (κ1) is 19.8. The second kappa shape index (κ2) is 7.72. The first-order valence-electron chi connectivity index (χ1n) is 9.26. The molecule has 1 saturated carbocycles. The van der Waals surface area contributed by atoms with E-state index in [0.29, 0.717) is 12.6 Å². The first-order chi connectivity index (χ1) is 14.4. The molecule has 8 heteroatoms. The van der Waals surface area contributed by atoms with Crippen LogP contribution in [0.4, 0.5) is 8.78 Å². The monoisotopic (exact) mass is 412 g/mol. The minimum atomic E-state index is -1.52. The first-order valence-corrected chi connectivity index (χ1v) is 9.26. The van der Waals surface area contributed by atoms with E-state index < -0.39 is 35.0 Å². The van der Waals surface area contributed by atoms with Gasteiger partial charge in [-0.25, -0.2) is 13.6 Å². The van der Waals surface area contributed by atoms with Gasteiger partial charge in [0, 0.05) is 25.5 Å². The van der Waals surface area contributed by atoms with Gasteiger partial charge in [0.05, 0.1) is 0 Å². The summed E-state index contributed by atoms with van der Waals surface area (Å²) in [5.41, 5.74) is 6.84. The number of aliphatic carboxylic acids is 1. The van der Waals surface area contributed by atoms with Gasteiger partial charge in [-0.2, -0.15) is 4.98 Å². The second-order valence-electron chi connectivity index (χ2n) is 7.00. The van der Waals surface area contributed by atoms with Gasteiger partial charge in [-0.05, 0) is 34.9 Å². The van der Waals surface area contributed by atoms with Crippen LogP contribution in [0.5, 0.6) is 17.5 Å². The smallest absolute Gasteiger partial charge is 0.348 e. The highest BCUT2D eigenvalue weighted by atomic mass is 19.1. The third-order valence-corrected chi connectivity index (χ3v) is 4.80. The summed E-state index contributed by atoms with van der Waals surface area (Å²) >= 11 is 0. The van der Waals surface area contributed by atoms with E-state index in [1.54, 1.807) is 18.2 Å². The van der Waals surface area contributed by atoms with Crippen molar-refractivity contribution in [2.45, 2.75) is 25.0 Å². The van der Waals surface area contributed by atoms with Crippen molar-refractivity contribution in [3.63, 3.8) is 0 Å². The van der Waals surface area contributed by atoms with Crippen LogP contribution < -0.4 is 15.2 Å². The molecule has 0 amide bonds. The number of ether oxygens (including phenoxy) is 2. The Kier molecular flexibility index (Phi) is 5.09. The van der Waals surface area contributed by atoms with Gasteiger partial charge in [-0.1, -0.05) is 30.3 Å². The molecule has 1 fully saturated rings. The highest BCUT2D eigenvalue weighted by Crippen LogP contribution is 2.41. The lowest BCUT2D eigenvalue weighted by Crippen LogP contribution is -2.29. The standard InChI is InChI=1S/C22H18F2N2O4/c23-17-11-18(24)20(30-22(7-8-22)21(27)28)26-19(17)29-16-6-2-5-15(10-16)14-4-1-3-13(9-14)12-25/h1-6,9-11H,7-8,12,25H2,(H,27,28). The number of rotatable bonds is 7.